The number of ether oxygens (including phenoxy) is 2. The van der Waals surface area contributed by atoms with Crippen molar-refractivity contribution < 1.29 is 23.9 Å². The molecule has 0 aliphatic heterocycles. The number of nitrogens with one attached hydrogen (secondary N) is 1. The van der Waals surface area contributed by atoms with Crippen molar-refractivity contribution in [1.29, 1.82) is 0 Å². The van der Waals surface area contributed by atoms with Gasteiger partial charge in [0.05, 0.1) is 0 Å². The SMILES string of the molecule is Cc1cc(=O)oc2cc(OCCOc3cccc(/C=C/C(=O)NO)c3)ccc12. The van der Waals surface area contributed by atoms with Gasteiger partial charge in [-0.1, -0.05) is 12.1 Å². The van der Waals surface area contributed by atoms with E-state index in [1.807, 2.05) is 19.1 Å². The van der Waals surface area contributed by atoms with Crippen molar-refractivity contribution in [2.24, 2.45) is 0 Å². The molecule has 0 atom stereocenters. The van der Waals surface area contributed by atoms with Crippen LogP contribution in [0.4, 0.5) is 0 Å². The van der Waals surface area contributed by atoms with Gasteiger partial charge in [-0.3, -0.25) is 10.0 Å². The minimum Gasteiger partial charge on any atom is -0.490 e. The molecule has 28 heavy (non-hydrogen) atoms. The van der Waals surface area contributed by atoms with Crippen LogP contribution in [0.1, 0.15) is 11.1 Å². The lowest BCUT2D eigenvalue weighted by Gasteiger charge is -2.09. The second-order valence-electron chi connectivity index (χ2n) is 5.99. The van der Waals surface area contributed by atoms with Crippen molar-refractivity contribution in [3.05, 3.63) is 76.2 Å². The summed E-state index contributed by atoms with van der Waals surface area (Å²) in [6.07, 6.45) is 2.77. The first kappa shape index (κ1) is 19.2. The predicted octanol–water partition coefficient (Wildman–Crippen LogP) is 3.08. The largest absolute Gasteiger partial charge is 0.490 e. The van der Waals surface area contributed by atoms with Crippen LogP contribution in [-0.4, -0.2) is 24.3 Å². The van der Waals surface area contributed by atoms with Crippen LogP contribution in [0.15, 0.2) is 63.8 Å². The van der Waals surface area contributed by atoms with Crippen LogP contribution in [0.2, 0.25) is 0 Å². The summed E-state index contributed by atoms with van der Waals surface area (Å²) in [5.74, 6) is 0.591. The summed E-state index contributed by atoms with van der Waals surface area (Å²) < 4.78 is 16.5. The molecule has 1 aromatic heterocycles. The van der Waals surface area contributed by atoms with Gasteiger partial charge in [-0.05, 0) is 48.4 Å². The monoisotopic (exact) mass is 381 g/mol. The maximum absolute atomic E-state index is 11.5. The van der Waals surface area contributed by atoms with E-state index in [1.165, 1.54) is 17.6 Å². The molecular formula is C21H19NO6. The van der Waals surface area contributed by atoms with E-state index in [9.17, 15) is 9.59 Å². The number of rotatable bonds is 7. The first-order chi connectivity index (χ1) is 13.5. The lowest BCUT2D eigenvalue weighted by Crippen LogP contribution is -2.14. The highest BCUT2D eigenvalue weighted by atomic mass is 16.5. The van der Waals surface area contributed by atoms with Gasteiger partial charge in [0.15, 0.2) is 0 Å². The van der Waals surface area contributed by atoms with Crippen molar-refractivity contribution in [3.63, 3.8) is 0 Å². The molecule has 1 amide bonds. The highest BCUT2D eigenvalue weighted by molar-refractivity contribution is 5.90. The summed E-state index contributed by atoms with van der Waals surface area (Å²) >= 11 is 0. The molecule has 144 valence electrons. The molecule has 3 rings (SSSR count). The molecule has 3 aromatic rings. The molecule has 0 saturated carbocycles. The Morgan fingerprint density at radius 1 is 1.11 bits per heavy atom. The normalized spacial score (nSPS) is 10.9. The molecule has 0 spiro atoms. The number of hydroxylamine groups is 1. The Labute approximate surface area is 160 Å². The number of fused-ring (bicyclic) bond motifs is 1. The Morgan fingerprint density at radius 2 is 1.86 bits per heavy atom. The van der Waals surface area contributed by atoms with Crippen LogP contribution in [0.3, 0.4) is 0 Å². The van der Waals surface area contributed by atoms with E-state index in [4.69, 9.17) is 19.1 Å². The van der Waals surface area contributed by atoms with E-state index in [1.54, 1.807) is 36.4 Å². The summed E-state index contributed by atoms with van der Waals surface area (Å²) in [6, 6.07) is 13.9. The number of carbonyl (C=O) groups excluding carboxylic acids is 1. The number of hydrogen-bond donors (Lipinski definition) is 2. The molecule has 2 N–H and O–H groups in total. The van der Waals surface area contributed by atoms with Crippen molar-refractivity contribution >= 4 is 23.0 Å². The number of benzene rings is 2. The number of hydrogen-bond acceptors (Lipinski definition) is 6. The summed E-state index contributed by atoms with van der Waals surface area (Å²) in [7, 11) is 0. The van der Waals surface area contributed by atoms with Crippen LogP contribution in [0, 0.1) is 6.92 Å². The minimum atomic E-state index is -0.610. The molecular weight excluding hydrogens is 362 g/mol. The maximum Gasteiger partial charge on any atom is 0.336 e. The molecule has 0 radical (unpaired) electrons. The van der Waals surface area contributed by atoms with Crippen LogP contribution >= 0.6 is 0 Å². The fourth-order valence-electron chi connectivity index (χ4n) is 2.63. The zero-order chi connectivity index (χ0) is 19.9. The Balaban J connectivity index is 1.56. The average molecular weight is 381 g/mol. The zero-order valence-corrected chi connectivity index (χ0v) is 15.2. The molecule has 0 unspecified atom stereocenters. The van der Waals surface area contributed by atoms with Crippen molar-refractivity contribution in [2.45, 2.75) is 6.92 Å². The molecule has 1 heterocycles. The van der Waals surface area contributed by atoms with Gasteiger partial charge >= 0.3 is 5.63 Å². The van der Waals surface area contributed by atoms with Crippen molar-refractivity contribution in [1.82, 2.24) is 5.48 Å². The van der Waals surface area contributed by atoms with Crippen LogP contribution in [0.5, 0.6) is 11.5 Å². The topological polar surface area (TPSA) is 98.0 Å². The summed E-state index contributed by atoms with van der Waals surface area (Å²) in [4.78, 5) is 22.5. The van der Waals surface area contributed by atoms with Gasteiger partial charge in [0.1, 0.15) is 30.3 Å². The Bertz CT molecular complexity index is 1070. The summed E-state index contributed by atoms with van der Waals surface area (Å²) in [5.41, 5.74) is 3.22. The molecule has 0 saturated heterocycles. The lowest BCUT2D eigenvalue weighted by atomic mass is 10.1. The third-order valence-corrected chi connectivity index (χ3v) is 3.94. The van der Waals surface area contributed by atoms with E-state index in [0.29, 0.717) is 30.3 Å². The van der Waals surface area contributed by atoms with E-state index >= 15 is 0 Å². The van der Waals surface area contributed by atoms with Crippen LogP contribution in [0.25, 0.3) is 17.0 Å². The van der Waals surface area contributed by atoms with Gasteiger partial charge in [-0.25, -0.2) is 10.3 Å². The van der Waals surface area contributed by atoms with Gasteiger partial charge in [0, 0.05) is 23.6 Å². The number of amides is 1. The Morgan fingerprint density at radius 3 is 2.61 bits per heavy atom. The smallest absolute Gasteiger partial charge is 0.336 e. The summed E-state index contributed by atoms with van der Waals surface area (Å²) in [6.45, 7) is 2.46. The van der Waals surface area contributed by atoms with Gasteiger partial charge in [0.2, 0.25) is 0 Å². The quantitative estimate of drug-likeness (QED) is 0.215. The third kappa shape index (κ3) is 4.99. The highest BCUT2D eigenvalue weighted by Gasteiger charge is 2.04. The molecule has 0 bridgehead atoms. The summed E-state index contributed by atoms with van der Waals surface area (Å²) in [5, 5.41) is 9.34. The van der Waals surface area contributed by atoms with Crippen molar-refractivity contribution in [2.75, 3.05) is 13.2 Å². The lowest BCUT2D eigenvalue weighted by molar-refractivity contribution is -0.124. The van der Waals surface area contributed by atoms with Gasteiger partial charge < -0.3 is 13.9 Å². The van der Waals surface area contributed by atoms with Gasteiger partial charge in [-0.15, -0.1) is 0 Å². The van der Waals surface area contributed by atoms with E-state index < -0.39 is 11.5 Å². The maximum atomic E-state index is 11.5. The number of aryl methyl sites for hydroxylation is 1. The second-order valence-corrected chi connectivity index (χ2v) is 5.99. The molecule has 0 aliphatic carbocycles. The molecule has 0 fully saturated rings. The fourth-order valence-corrected chi connectivity index (χ4v) is 2.63. The Kier molecular flexibility index (Phi) is 6.08. The second kappa shape index (κ2) is 8.88. The first-order valence-electron chi connectivity index (χ1n) is 8.57. The van der Waals surface area contributed by atoms with E-state index in [0.717, 1.165) is 16.5 Å². The van der Waals surface area contributed by atoms with Crippen LogP contribution in [-0.2, 0) is 4.79 Å². The average Bonchev–Trinajstić information content (AvgIpc) is 2.69. The highest BCUT2D eigenvalue weighted by Crippen LogP contribution is 2.22. The molecule has 0 aliphatic rings. The fraction of sp³-hybridized carbons (Fsp3) is 0.143. The van der Waals surface area contributed by atoms with E-state index in [2.05, 4.69) is 0 Å². The molecule has 2 aromatic carbocycles. The predicted molar refractivity (Wildman–Crippen MR) is 104 cm³/mol. The molecule has 7 nitrogen and oxygen atoms in total. The van der Waals surface area contributed by atoms with Crippen LogP contribution < -0.4 is 20.6 Å². The first-order valence-corrected chi connectivity index (χ1v) is 8.57. The Hall–Kier alpha value is -3.58. The number of carbonyl (C=O) groups is 1. The molecule has 7 heteroatoms. The zero-order valence-electron chi connectivity index (χ0n) is 15.2. The third-order valence-electron chi connectivity index (χ3n) is 3.94. The minimum absolute atomic E-state index is 0.300. The van der Waals surface area contributed by atoms with Crippen molar-refractivity contribution in [3.8, 4) is 11.5 Å². The van der Waals surface area contributed by atoms with Gasteiger partial charge in [-0.2, -0.15) is 0 Å². The van der Waals surface area contributed by atoms with Gasteiger partial charge in [0.25, 0.3) is 5.91 Å². The van der Waals surface area contributed by atoms with E-state index in [-0.39, 0.29) is 0 Å². The standard InChI is InChI=1S/C21H19NO6/c1-14-11-21(24)28-19-13-17(6-7-18(14)19)27-10-9-26-16-4-2-3-15(12-16)5-8-20(23)22-25/h2-8,11-13,25H,9-10H2,1H3,(H,22,23)/b8-5+.